The molecule has 2 saturated heterocycles. The Kier molecular flexibility index (Phi) is 6.60. The van der Waals surface area contributed by atoms with Gasteiger partial charge < -0.3 is 19.1 Å². The number of imide groups is 1. The van der Waals surface area contributed by atoms with E-state index in [-0.39, 0.29) is 23.6 Å². The van der Waals surface area contributed by atoms with Crippen molar-refractivity contribution in [3.05, 3.63) is 82.8 Å². The zero-order valence-corrected chi connectivity index (χ0v) is 22.0. The van der Waals surface area contributed by atoms with E-state index in [4.69, 9.17) is 16.0 Å². The van der Waals surface area contributed by atoms with Gasteiger partial charge in [-0.15, -0.1) is 0 Å². The van der Waals surface area contributed by atoms with Gasteiger partial charge in [0.25, 0.3) is 17.7 Å². The maximum absolute atomic E-state index is 13.5. The number of amides is 4. The molecule has 1 atom stereocenters. The molecule has 0 saturated carbocycles. The molecule has 200 valence electrons. The number of carbonyl (C=O) groups excluding carboxylic acids is 4. The largest absolute Gasteiger partial charge is 0.459 e. The fourth-order valence-electron chi connectivity index (χ4n) is 5.72. The smallest absolute Gasteiger partial charge is 0.289 e. The lowest BCUT2D eigenvalue weighted by Gasteiger charge is -2.39. The summed E-state index contributed by atoms with van der Waals surface area (Å²) in [6.07, 6.45) is 3.01. The average molecular weight is 547 g/mol. The molecule has 2 fully saturated rings. The molecule has 4 heterocycles. The second-order valence-corrected chi connectivity index (χ2v) is 10.4. The van der Waals surface area contributed by atoms with Gasteiger partial charge in [0.2, 0.25) is 5.91 Å². The van der Waals surface area contributed by atoms with Crippen molar-refractivity contribution in [2.24, 2.45) is 5.92 Å². The van der Waals surface area contributed by atoms with Crippen molar-refractivity contribution < 1.29 is 23.6 Å². The third kappa shape index (κ3) is 4.57. The van der Waals surface area contributed by atoms with Crippen LogP contribution in [-0.2, 0) is 4.79 Å². The fraction of sp³-hybridized carbons (Fsp3) is 0.310. The van der Waals surface area contributed by atoms with Gasteiger partial charge in [0.05, 0.1) is 34.7 Å². The normalized spacial score (nSPS) is 19.5. The van der Waals surface area contributed by atoms with Crippen LogP contribution in [0.25, 0.3) is 0 Å². The molecule has 4 amide bonds. The van der Waals surface area contributed by atoms with Gasteiger partial charge in [-0.05, 0) is 55.3 Å². The van der Waals surface area contributed by atoms with Gasteiger partial charge in [-0.2, -0.15) is 0 Å². The van der Waals surface area contributed by atoms with Crippen molar-refractivity contribution in [2.75, 3.05) is 49.1 Å². The molecular weight excluding hydrogens is 520 g/mol. The Morgan fingerprint density at radius 2 is 1.64 bits per heavy atom. The molecule has 3 aliphatic heterocycles. The van der Waals surface area contributed by atoms with Gasteiger partial charge in [0, 0.05) is 44.3 Å². The Morgan fingerprint density at radius 3 is 2.38 bits per heavy atom. The van der Waals surface area contributed by atoms with E-state index in [1.165, 1.54) is 6.26 Å². The SMILES string of the molecule is O=C(c1ccco1)N1CCN(C(=O)C2CCCN(c3cccc4c3C(=O)N(c3cccc(Cl)c3)C4=O)C2)CC1. The quantitative estimate of drug-likeness (QED) is 0.460. The number of piperidine rings is 1. The highest BCUT2D eigenvalue weighted by Gasteiger charge is 2.41. The lowest BCUT2D eigenvalue weighted by atomic mass is 9.94. The van der Waals surface area contributed by atoms with Crippen LogP contribution in [0.3, 0.4) is 0 Å². The fourth-order valence-corrected chi connectivity index (χ4v) is 5.91. The first-order valence-corrected chi connectivity index (χ1v) is 13.4. The molecule has 0 bridgehead atoms. The highest BCUT2D eigenvalue weighted by Crippen LogP contribution is 2.37. The van der Waals surface area contributed by atoms with Crippen LogP contribution in [0.2, 0.25) is 5.02 Å². The standard InChI is InChI=1S/C29H27ClN4O5/c30-20-6-1-7-21(17-20)34-27(36)22-8-2-9-23(25(22)29(34)38)33-11-3-5-19(18-33)26(35)31-12-14-32(15-13-31)28(37)24-10-4-16-39-24/h1-2,4,6-10,16-17,19H,3,5,11-15,18H2. The number of hydrogen-bond acceptors (Lipinski definition) is 6. The van der Waals surface area contributed by atoms with Crippen LogP contribution in [-0.4, -0.2) is 72.7 Å². The molecule has 3 aliphatic rings. The first-order chi connectivity index (χ1) is 18.9. The maximum Gasteiger partial charge on any atom is 0.289 e. The van der Waals surface area contributed by atoms with Crippen LogP contribution in [0.4, 0.5) is 11.4 Å². The minimum absolute atomic E-state index is 0.0559. The number of carbonyl (C=O) groups is 4. The van der Waals surface area contributed by atoms with Crippen molar-refractivity contribution in [3.63, 3.8) is 0 Å². The number of furan rings is 1. The number of piperazine rings is 1. The van der Waals surface area contributed by atoms with E-state index in [9.17, 15) is 19.2 Å². The minimum atomic E-state index is -0.390. The second kappa shape index (κ2) is 10.2. The average Bonchev–Trinajstić information content (AvgIpc) is 3.59. The molecular formula is C29H27ClN4O5. The molecule has 0 radical (unpaired) electrons. The summed E-state index contributed by atoms with van der Waals surface area (Å²) >= 11 is 6.12. The number of fused-ring (bicyclic) bond motifs is 1. The van der Waals surface area contributed by atoms with Crippen LogP contribution in [0, 0.1) is 5.92 Å². The van der Waals surface area contributed by atoms with Gasteiger partial charge >= 0.3 is 0 Å². The molecule has 0 spiro atoms. The third-order valence-electron chi connectivity index (χ3n) is 7.68. The molecule has 9 nitrogen and oxygen atoms in total. The van der Waals surface area contributed by atoms with Crippen molar-refractivity contribution in [3.8, 4) is 0 Å². The zero-order chi connectivity index (χ0) is 27.1. The Balaban J connectivity index is 1.16. The lowest BCUT2D eigenvalue weighted by molar-refractivity contribution is -0.137. The summed E-state index contributed by atoms with van der Waals surface area (Å²) in [6, 6.07) is 15.3. The van der Waals surface area contributed by atoms with Crippen molar-refractivity contribution >= 4 is 46.6 Å². The highest BCUT2D eigenvalue weighted by molar-refractivity contribution is 6.37. The Labute approximate surface area is 230 Å². The van der Waals surface area contributed by atoms with Crippen LogP contribution >= 0.6 is 11.6 Å². The summed E-state index contributed by atoms with van der Waals surface area (Å²) in [4.78, 5) is 59.6. The van der Waals surface area contributed by atoms with Gasteiger partial charge in [0.1, 0.15) is 0 Å². The van der Waals surface area contributed by atoms with Gasteiger partial charge in [-0.3, -0.25) is 19.2 Å². The Bertz CT molecular complexity index is 1450. The van der Waals surface area contributed by atoms with Crippen LogP contribution in [0.5, 0.6) is 0 Å². The second-order valence-electron chi connectivity index (χ2n) is 10.0. The number of rotatable bonds is 4. The number of benzene rings is 2. The number of anilines is 2. The van der Waals surface area contributed by atoms with Crippen LogP contribution in [0.1, 0.15) is 44.1 Å². The molecule has 10 heteroatoms. The van der Waals surface area contributed by atoms with Crippen molar-refractivity contribution in [1.29, 1.82) is 0 Å². The summed E-state index contributed by atoms with van der Waals surface area (Å²) in [5, 5.41) is 0.438. The molecule has 1 unspecified atom stereocenters. The van der Waals surface area contributed by atoms with Gasteiger partial charge in [0.15, 0.2) is 5.76 Å². The van der Waals surface area contributed by atoms with E-state index in [1.54, 1.807) is 53.4 Å². The van der Waals surface area contributed by atoms with Gasteiger partial charge in [-0.1, -0.05) is 23.7 Å². The molecule has 0 aliphatic carbocycles. The molecule has 0 N–H and O–H groups in total. The maximum atomic E-state index is 13.5. The monoisotopic (exact) mass is 546 g/mol. The van der Waals surface area contributed by atoms with E-state index in [0.29, 0.717) is 72.6 Å². The molecule has 6 rings (SSSR count). The summed E-state index contributed by atoms with van der Waals surface area (Å²) < 4.78 is 5.22. The minimum Gasteiger partial charge on any atom is -0.459 e. The molecule has 39 heavy (non-hydrogen) atoms. The topological polar surface area (TPSA) is 94.4 Å². The Hall–Kier alpha value is -4.11. The number of halogens is 1. The zero-order valence-electron chi connectivity index (χ0n) is 21.2. The van der Waals surface area contributed by atoms with E-state index in [1.807, 2.05) is 15.9 Å². The predicted octanol–water partition coefficient (Wildman–Crippen LogP) is 3.93. The first-order valence-electron chi connectivity index (χ1n) is 13.1. The van der Waals surface area contributed by atoms with E-state index >= 15 is 0 Å². The predicted molar refractivity (Wildman–Crippen MR) is 145 cm³/mol. The number of nitrogens with zero attached hydrogens (tertiary/aromatic N) is 4. The first kappa shape index (κ1) is 25.2. The summed E-state index contributed by atoms with van der Waals surface area (Å²) in [6.45, 7) is 2.96. The van der Waals surface area contributed by atoms with E-state index < -0.39 is 5.91 Å². The molecule has 3 aromatic rings. The number of hydrogen-bond donors (Lipinski definition) is 0. The van der Waals surface area contributed by atoms with E-state index in [2.05, 4.69) is 0 Å². The third-order valence-corrected chi connectivity index (χ3v) is 7.92. The van der Waals surface area contributed by atoms with E-state index in [0.717, 1.165) is 17.7 Å². The van der Waals surface area contributed by atoms with Crippen molar-refractivity contribution in [1.82, 2.24) is 9.80 Å². The van der Waals surface area contributed by atoms with Gasteiger partial charge in [-0.25, -0.2) is 4.90 Å². The highest BCUT2D eigenvalue weighted by atomic mass is 35.5. The summed E-state index contributed by atoms with van der Waals surface area (Å²) in [5.74, 6) is -0.821. The van der Waals surface area contributed by atoms with Crippen molar-refractivity contribution in [2.45, 2.75) is 12.8 Å². The Morgan fingerprint density at radius 1 is 0.872 bits per heavy atom. The lowest BCUT2D eigenvalue weighted by Crippen LogP contribution is -2.53. The molecule has 1 aromatic heterocycles. The van der Waals surface area contributed by atoms with Crippen LogP contribution in [0.15, 0.2) is 65.3 Å². The summed E-state index contributed by atoms with van der Waals surface area (Å²) in [7, 11) is 0. The summed E-state index contributed by atoms with van der Waals surface area (Å²) in [5.41, 5.74) is 1.81. The molecule has 2 aromatic carbocycles. The van der Waals surface area contributed by atoms with Crippen LogP contribution < -0.4 is 9.80 Å².